The summed E-state index contributed by atoms with van der Waals surface area (Å²) in [5, 5.41) is 4.83. The first kappa shape index (κ1) is 35.7. The van der Waals surface area contributed by atoms with Gasteiger partial charge < -0.3 is 5.32 Å². The highest BCUT2D eigenvalue weighted by Crippen LogP contribution is 2.42. The molecule has 6 nitrogen and oxygen atoms in total. The molecule has 10 heteroatoms. The molecular formula is C41H42N4O2S4. The van der Waals surface area contributed by atoms with E-state index in [1.54, 1.807) is 15.9 Å². The van der Waals surface area contributed by atoms with E-state index in [0.717, 1.165) is 61.9 Å². The molecule has 4 heterocycles. The minimum absolute atomic E-state index is 0.0363. The standard InChI is InChI=1S/C41H42N4O2S4/c1-24-10-8-11-29(22-24)45-36(47)32-30-12-9-21-48-37(30)51-35(32)44-39(45)49-23-31(46)42-38-43-33(25-13-17-27(18-14-25)40(2,3)4)34(50-38)26-15-19-28(20-16-26)41(5,6)7/h8,10-11,13-20,22H,9,12,21,23H2,1-7H3,(H,42,43,46). The van der Waals surface area contributed by atoms with Crippen molar-refractivity contribution in [2.75, 3.05) is 16.8 Å². The zero-order chi connectivity index (χ0) is 36.1. The highest BCUT2D eigenvalue weighted by molar-refractivity contribution is 8.01. The van der Waals surface area contributed by atoms with Crippen molar-refractivity contribution < 1.29 is 4.79 Å². The highest BCUT2D eigenvalue weighted by Gasteiger charge is 2.25. The Morgan fingerprint density at radius 3 is 2.20 bits per heavy atom. The number of fused-ring (bicyclic) bond motifs is 3. The SMILES string of the molecule is Cc1cccc(-n2c(SCC(=O)Nc3nc(-c4ccc(C(C)(C)C)cc4)c(-c4ccc(C(C)(C)C)cc4)s3)nc3sc4c(c3c2=O)CCCS4)c1. The summed E-state index contributed by atoms with van der Waals surface area (Å²) in [6.45, 7) is 15.3. The summed E-state index contributed by atoms with van der Waals surface area (Å²) >= 11 is 6.16. The van der Waals surface area contributed by atoms with E-state index in [4.69, 9.17) is 9.97 Å². The molecule has 51 heavy (non-hydrogen) atoms. The van der Waals surface area contributed by atoms with Gasteiger partial charge in [0, 0.05) is 5.56 Å². The predicted octanol–water partition coefficient (Wildman–Crippen LogP) is 10.9. The molecule has 0 saturated heterocycles. The number of benzene rings is 3. The highest BCUT2D eigenvalue weighted by atomic mass is 32.2. The topological polar surface area (TPSA) is 76.9 Å². The minimum Gasteiger partial charge on any atom is -0.301 e. The lowest BCUT2D eigenvalue weighted by Crippen LogP contribution is -2.23. The maximum Gasteiger partial charge on any atom is 0.267 e. The molecule has 0 bridgehead atoms. The van der Waals surface area contributed by atoms with Crippen LogP contribution < -0.4 is 10.9 Å². The summed E-state index contributed by atoms with van der Waals surface area (Å²) in [6, 6.07) is 25.1. The summed E-state index contributed by atoms with van der Waals surface area (Å²) in [4.78, 5) is 39.6. The molecule has 6 aromatic rings. The van der Waals surface area contributed by atoms with Crippen LogP contribution in [-0.4, -0.2) is 31.9 Å². The summed E-state index contributed by atoms with van der Waals surface area (Å²) in [7, 11) is 0. The van der Waals surface area contributed by atoms with Gasteiger partial charge in [-0.2, -0.15) is 0 Å². The minimum atomic E-state index is -0.204. The Balaban J connectivity index is 1.20. The van der Waals surface area contributed by atoms with Crippen molar-refractivity contribution in [2.45, 2.75) is 81.5 Å². The van der Waals surface area contributed by atoms with E-state index in [1.165, 1.54) is 38.4 Å². The van der Waals surface area contributed by atoms with Crippen LogP contribution in [0.2, 0.25) is 0 Å². The van der Waals surface area contributed by atoms with Crippen LogP contribution in [0.5, 0.6) is 0 Å². The number of thiophene rings is 1. The number of hydrogen-bond acceptors (Lipinski definition) is 8. The van der Waals surface area contributed by atoms with E-state index in [0.29, 0.717) is 15.7 Å². The van der Waals surface area contributed by atoms with Gasteiger partial charge in [0.1, 0.15) is 4.83 Å². The number of thiazole rings is 1. The van der Waals surface area contributed by atoms with Crippen molar-refractivity contribution in [2.24, 2.45) is 0 Å². The first-order valence-corrected chi connectivity index (χ1v) is 20.8. The number of carbonyl (C=O) groups excluding carboxylic acids is 1. The number of nitrogens with one attached hydrogen (secondary N) is 1. The van der Waals surface area contributed by atoms with Crippen LogP contribution in [0.4, 0.5) is 5.13 Å². The van der Waals surface area contributed by atoms with Gasteiger partial charge in [0.15, 0.2) is 10.3 Å². The maximum atomic E-state index is 14.2. The maximum absolute atomic E-state index is 14.2. The van der Waals surface area contributed by atoms with Gasteiger partial charge in [-0.15, -0.1) is 23.1 Å². The van der Waals surface area contributed by atoms with Crippen molar-refractivity contribution in [3.63, 3.8) is 0 Å². The Morgan fingerprint density at radius 2 is 1.55 bits per heavy atom. The lowest BCUT2D eigenvalue weighted by atomic mass is 9.86. The Kier molecular flexibility index (Phi) is 9.82. The van der Waals surface area contributed by atoms with Gasteiger partial charge >= 0.3 is 0 Å². The van der Waals surface area contributed by atoms with Crippen LogP contribution in [0, 0.1) is 6.92 Å². The number of aromatic nitrogens is 3. The monoisotopic (exact) mass is 750 g/mol. The molecule has 7 rings (SSSR count). The summed E-state index contributed by atoms with van der Waals surface area (Å²) < 4.78 is 2.87. The Hall–Kier alpha value is -3.70. The van der Waals surface area contributed by atoms with Gasteiger partial charge in [-0.25, -0.2) is 9.97 Å². The Bertz CT molecular complexity index is 2230. The Morgan fingerprint density at radius 1 is 0.882 bits per heavy atom. The fourth-order valence-corrected chi connectivity index (χ4v) is 10.6. The molecule has 262 valence electrons. The zero-order valence-corrected chi connectivity index (χ0v) is 33.3. The smallest absolute Gasteiger partial charge is 0.267 e. The molecule has 0 aliphatic carbocycles. The molecule has 0 unspecified atom stereocenters. The van der Waals surface area contributed by atoms with Gasteiger partial charge in [-0.3, -0.25) is 14.2 Å². The third kappa shape index (κ3) is 7.47. The van der Waals surface area contributed by atoms with E-state index in [2.05, 4.69) is 95.4 Å². The van der Waals surface area contributed by atoms with Crippen molar-refractivity contribution >= 4 is 67.5 Å². The molecule has 1 aliphatic heterocycles. The molecule has 0 fully saturated rings. The normalized spacial score (nSPS) is 13.4. The van der Waals surface area contributed by atoms with E-state index in [9.17, 15) is 9.59 Å². The van der Waals surface area contributed by atoms with E-state index < -0.39 is 0 Å². The number of rotatable bonds is 7. The second-order valence-electron chi connectivity index (χ2n) is 15.1. The van der Waals surface area contributed by atoms with Crippen LogP contribution in [0.25, 0.3) is 37.6 Å². The van der Waals surface area contributed by atoms with E-state index >= 15 is 0 Å². The van der Waals surface area contributed by atoms with Crippen molar-refractivity contribution in [3.8, 4) is 27.4 Å². The molecular weight excluding hydrogens is 709 g/mol. The number of anilines is 1. The van der Waals surface area contributed by atoms with Crippen molar-refractivity contribution in [3.05, 3.63) is 105 Å². The average molecular weight is 751 g/mol. The number of nitrogens with zero attached hydrogens (tertiary/aromatic N) is 3. The molecule has 1 N–H and O–H groups in total. The van der Waals surface area contributed by atoms with Crippen LogP contribution in [-0.2, 0) is 22.0 Å². The Labute approximate surface area is 316 Å². The number of amides is 1. The molecule has 0 spiro atoms. The lowest BCUT2D eigenvalue weighted by Gasteiger charge is -2.19. The molecule has 0 saturated carbocycles. The molecule has 0 radical (unpaired) electrons. The largest absolute Gasteiger partial charge is 0.301 e. The number of aryl methyl sites for hydroxylation is 2. The third-order valence-corrected chi connectivity index (χ3v) is 13.5. The second kappa shape index (κ2) is 14.0. The van der Waals surface area contributed by atoms with E-state index in [-0.39, 0.29) is 28.0 Å². The quantitative estimate of drug-likeness (QED) is 0.129. The fourth-order valence-electron chi connectivity index (χ4n) is 6.22. The second-order valence-corrected chi connectivity index (χ2v) is 19.4. The van der Waals surface area contributed by atoms with Crippen molar-refractivity contribution in [1.82, 2.24) is 14.5 Å². The van der Waals surface area contributed by atoms with Gasteiger partial charge in [-0.1, -0.05) is 125 Å². The zero-order valence-electron chi connectivity index (χ0n) is 30.0. The molecule has 3 aromatic carbocycles. The summed E-state index contributed by atoms with van der Waals surface area (Å²) in [5.41, 5.74) is 8.34. The molecule has 0 atom stereocenters. The molecule has 1 aliphatic rings. The summed E-state index contributed by atoms with van der Waals surface area (Å²) in [6.07, 6.45) is 1.94. The van der Waals surface area contributed by atoms with Crippen LogP contribution in [0.3, 0.4) is 0 Å². The number of thioether (sulfide) groups is 2. The third-order valence-electron chi connectivity index (χ3n) is 9.06. The van der Waals surface area contributed by atoms with Crippen LogP contribution in [0.1, 0.15) is 70.2 Å². The van der Waals surface area contributed by atoms with Crippen LogP contribution in [0.15, 0.2) is 87.0 Å². The predicted molar refractivity (Wildman–Crippen MR) is 219 cm³/mol. The first-order valence-electron chi connectivity index (χ1n) is 17.2. The lowest BCUT2D eigenvalue weighted by molar-refractivity contribution is -0.113. The van der Waals surface area contributed by atoms with Gasteiger partial charge in [0.25, 0.3) is 5.56 Å². The molecule has 1 amide bonds. The fraction of sp³-hybridized carbons (Fsp3) is 0.317. The number of hydrogen-bond donors (Lipinski definition) is 1. The van der Waals surface area contributed by atoms with Gasteiger partial charge in [0.2, 0.25) is 5.91 Å². The van der Waals surface area contributed by atoms with Gasteiger partial charge in [-0.05, 0) is 76.3 Å². The van der Waals surface area contributed by atoms with Crippen LogP contribution >= 0.6 is 46.2 Å². The molecule has 3 aromatic heterocycles. The summed E-state index contributed by atoms with van der Waals surface area (Å²) in [5.74, 6) is 0.927. The van der Waals surface area contributed by atoms with E-state index in [1.807, 2.05) is 43.0 Å². The first-order chi connectivity index (χ1) is 24.3. The van der Waals surface area contributed by atoms with Crippen molar-refractivity contribution in [1.29, 1.82) is 0 Å². The van der Waals surface area contributed by atoms with Gasteiger partial charge in [0.05, 0.1) is 31.6 Å². The average Bonchev–Trinajstić information content (AvgIpc) is 3.68. The number of carbonyl (C=O) groups is 1.